The van der Waals surface area contributed by atoms with Crippen molar-refractivity contribution in [3.05, 3.63) is 29.8 Å². The molecule has 5 nitrogen and oxygen atoms in total. The lowest BCUT2D eigenvalue weighted by atomic mass is 10.1. The number of nitrogens with zero attached hydrogens (tertiary/aromatic N) is 2. The number of anilines is 1. The summed E-state index contributed by atoms with van der Waals surface area (Å²) in [5.74, 6) is 0.0219. The van der Waals surface area contributed by atoms with Crippen molar-refractivity contribution in [3.63, 3.8) is 0 Å². The Morgan fingerprint density at radius 2 is 2.00 bits per heavy atom. The van der Waals surface area contributed by atoms with Crippen LogP contribution in [0.25, 0.3) is 0 Å². The number of fused-ring (bicyclic) bond motifs is 1. The first-order chi connectivity index (χ1) is 11.4. The van der Waals surface area contributed by atoms with Crippen molar-refractivity contribution in [1.82, 2.24) is 0 Å². The van der Waals surface area contributed by atoms with E-state index in [2.05, 4.69) is 24.0 Å². The second kappa shape index (κ2) is 6.88. The van der Waals surface area contributed by atoms with Crippen molar-refractivity contribution in [2.24, 2.45) is 4.99 Å². The van der Waals surface area contributed by atoms with Gasteiger partial charge in [-0.2, -0.15) is 4.99 Å². The average molecular weight is 367 g/mol. The van der Waals surface area contributed by atoms with Gasteiger partial charge in [-0.05, 0) is 30.5 Å². The summed E-state index contributed by atoms with van der Waals surface area (Å²) < 4.78 is 24.0. The van der Waals surface area contributed by atoms with Crippen LogP contribution >= 0.6 is 11.8 Å². The van der Waals surface area contributed by atoms with Crippen molar-refractivity contribution in [2.45, 2.75) is 44.4 Å². The van der Waals surface area contributed by atoms with Gasteiger partial charge in [0.1, 0.15) is 0 Å². The molecule has 2 atom stereocenters. The maximum absolute atomic E-state index is 12.0. The van der Waals surface area contributed by atoms with E-state index in [9.17, 15) is 13.2 Å². The number of rotatable bonds is 4. The third-order valence-corrected chi connectivity index (χ3v) is 7.56. The lowest BCUT2D eigenvalue weighted by molar-refractivity contribution is -0.115. The number of carbonyl (C=O) groups excluding carboxylic acids is 1. The fourth-order valence-electron chi connectivity index (χ4n) is 3.21. The molecule has 2 heterocycles. The molecule has 2 aliphatic heterocycles. The molecule has 0 unspecified atom stereocenters. The third kappa shape index (κ3) is 3.67. The van der Waals surface area contributed by atoms with E-state index in [1.165, 1.54) is 24.2 Å². The number of benzene rings is 1. The topological polar surface area (TPSA) is 66.8 Å². The van der Waals surface area contributed by atoms with Crippen LogP contribution in [0.2, 0.25) is 0 Å². The Morgan fingerprint density at radius 1 is 1.29 bits per heavy atom. The van der Waals surface area contributed by atoms with Crippen molar-refractivity contribution < 1.29 is 13.2 Å². The van der Waals surface area contributed by atoms with Gasteiger partial charge in [0.25, 0.3) is 0 Å². The van der Waals surface area contributed by atoms with Gasteiger partial charge in [0.05, 0.1) is 17.5 Å². The first-order valence-electron chi connectivity index (χ1n) is 8.24. The molecule has 1 amide bonds. The van der Waals surface area contributed by atoms with Gasteiger partial charge in [-0.25, -0.2) is 8.42 Å². The summed E-state index contributed by atoms with van der Waals surface area (Å²) in [6.07, 6.45) is 3.35. The molecule has 0 radical (unpaired) electrons. The number of aryl methyl sites for hydroxylation is 1. The standard InChI is InChI=1S/C17H22N2O3S2/c1-3-4-5-13-6-8-14(9-7-13)19-15-10-24(21,22)11-16(15)23-17(19)18-12(2)20/h6-9,15-16H,3-5,10-11H2,1-2H3/t15-,16+/m1/s1. The van der Waals surface area contributed by atoms with E-state index in [1.54, 1.807) is 0 Å². The second-order valence-corrected chi connectivity index (χ2v) is 9.71. The Morgan fingerprint density at radius 3 is 2.62 bits per heavy atom. The van der Waals surface area contributed by atoms with Gasteiger partial charge in [0.15, 0.2) is 15.0 Å². The number of aliphatic imine (C=N–C) groups is 1. The van der Waals surface area contributed by atoms with E-state index >= 15 is 0 Å². The largest absolute Gasteiger partial charge is 0.316 e. The van der Waals surface area contributed by atoms with Gasteiger partial charge < -0.3 is 4.90 Å². The van der Waals surface area contributed by atoms with Crippen LogP contribution in [0.3, 0.4) is 0 Å². The molecule has 0 aliphatic carbocycles. The highest BCUT2D eigenvalue weighted by molar-refractivity contribution is 8.16. The summed E-state index contributed by atoms with van der Waals surface area (Å²) in [5.41, 5.74) is 2.18. The molecule has 3 rings (SSSR count). The predicted octanol–water partition coefficient (Wildman–Crippen LogP) is 2.65. The van der Waals surface area contributed by atoms with Crippen molar-refractivity contribution in [2.75, 3.05) is 16.4 Å². The maximum Gasteiger partial charge on any atom is 0.244 e. The van der Waals surface area contributed by atoms with E-state index < -0.39 is 9.84 Å². The third-order valence-electron chi connectivity index (χ3n) is 4.35. The number of thioether (sulfide) groups is 1. The summed E-state index contributed by atoms with van der Waals surface area (Å²) in [6.45, 7) is 3.59. The highest BCUT2D eigenvalue weighted by atomic mass is 32.2. The van der Waals surface area contributed by atoms with Gasteiger partial charge in [0, 0.05) is 17.9 Å². The minimum absolute atomic E-state index is 0.0483. The number of hydrogen-bond acceptors (Lipinski definition) is 4. The normalized spacial score (nSPS) is 26.8. The molecule has 0 saturated carbocycles. The number of amidine groups is 1. The Labute approximate surface area is 147 Å². The molecule has 7 heteroatoms. The number of sulfone groups is 1. The average Bonchev–Trinajstić information content (AvgIpc) is 2.96. The molecule has 0 bridgehead atoms. The first kappa shape index (κ1) is 17.5. The maximum atomic E-state index is 12.0. The highest BCUT2D eigenvalue weighted by Gasteiger charge is 2.49. The van der Waals surface area contributed by atoms with Crippen molar-refractivity contribution >= 4 is 38.4 Å². The molecular formula is C17H22N2O3S2. The zero-order chi connectivity index (χ0) is 17.3. The number of hydrogen-bond donors (Lipinski definition) is 0. The minimum Gasteiger partial charge on any atom is -0.316 e. The molecule has 0 spiro atoms. The monoisotopic (exact) mass is 366 g/mol. The molecule has 2 fully saturated rings. The second-order valence-electron chi connectivity index (χ2n) is 6.35. The molecule has 24 heavy (non-hydrogen) atoms. The quantitative estimate of drug-likeness (QED) is 0.819. The Kier molecular flexibility index (Phi) is 5.01. The molecule has 1 aromatic carbocycles. The summed E-state index contributed by atoms with van der Waals surface area (Å²) >= 11 is 1.41. The highest BCUT2D eigenvalue weighted by Crippen LogP contribution is 2.41. The molecular weight excluding hydrogens is 344 g/mol. The summed E-state index contributed by atoms with van der Waals surface area (Å²) in [6, 6.07) is 8.04. The zero-order valence-corrected chi connectivity index (χ0v) is 15.6. The van der Waals surface area contributed by atoms with Crippen LogP contribution in [0.5, 0.6) is 0 Å². The van der Waals surface area contributed by atoms with E-state index in [4.69, 9.17) is 0 Å². The molecule has 0 N–H and O–H groups in total. The lowest BCUT2D eigenvalue weighted by Gasteiger charge is -2.24. The summed E-state index contributed by atoms with van der Waals surface area (Å²) in [4.78, 5) is 17.5. The minimum atomic E-state index is -3.02. The Bertz CT molecular complexity index is 757. The number of unbranched alkanes of at least 4 members (excludes halogenated alkanes) is 1. The van der Waals surface area contributed by atoms with Crippen LogP contribution in [0.4, 0.5) is 5.69 Å². The van der Waals surface area contributed by atoms with Crippen LogP contribution in [-0.4, -0.2) is 42.3 Å². The van der Waals surface area contributed by atoms with E-state index in [0.29, 0.717) is 5.17 Å². The van der Waals surface area contributed by atoms with Crippen LogP contribution in [0.15, 0.2) is 29.3 Å². The van der Waals surface area contributed by atoms with Crippen LogP contribution in [0.1, 0.15) is 32.3 Å². The molecule has 1 aromatic rings. The van der Waals surface area contributed by atoms with Gasteiger partial charge in [-0.3, -0.25) is 4.79 Å². The van der Waals surface area contributed by atoms with Crippen LogP contribution in [0, 0.1) is 0 Å². The smallest absolute Gasteiger partial charge is 0.244 e. The molecule has 2 saturated heterocycles. The SMILES string of the molecule is CCCCc1ccc(N2C(=NC(C)=O)S[C@H]3CS(=O)(=O)C[C@H]32)cc1. The van der Waals surface area contributed by atoms with Gasteiger partial charge in [-0.1, -0.05) is 37.2 Å². The zero-order valence-electron chi connectivity index (χ0n) is 13.9. The first-order valence-corrected chi connectivity index (χ1v) is 10.9. The van der Waals surface area contributed by atoms with Gasteiger partial charge in [-0.15, -0.1) is 0 Å². The van der Waals surface area contributed by atoms with Gasteiger partial charge in [0.2, 0.25) is 5.91 Å². The van der Waals surface area contributed by atoms with Crippen LogP contribution < -0.4 is 4.90 Å². The fraction of sp³-hybridized carbons (Fsp3) is 0.529. The summed E-state index contributed by atoms with van der Waals surface area (Å²) in [5, 5.41) is 0.571. The molecule has 130 valence electrons. The summed E-state index contributed by atoms with van der Waals surface area (Å²) in [7, 11) is -3.02. The van der Waals surface area contributed by atoms with Crippen LogP contribution in [-0.2, 0) is 21.1 Å². The molecule has 0 aromatic heterocycles. The predicted molar refractivity (Wildman–Crippen MR) is 99.5 cm³/mol. The molecule has 2 aliphatic rings. The number of amides is 1. The Balaban J connectivity index is 1.90. The Hall–Kier alpha value is -1.34. The fourth-order valence-corrected chi connectivity index (χ4v) is 7.16. The number of carbonyl (C=O) groups is 1. The van der Waals surface area contributed by atoms with E-state index in [1.807, 2.05) is 17.0 Å². The van der Waals surface area contributed by atoms with Crippen molar-refractivity contribution in [3.8, 4) is 0 Å². The van der Waals surface area contributed by atoms with E-state index in [0.717, 1.165) is 24.9 Å². The van der Waals surface area contributed by atoms with Crippen molar-refractivity contribution in [1.29, 1.82) is 0 Å². The van der Waals surface area contributed by atoms with Gasteiger partial charge >= 0.3 is 0 Å². The van der Waals surface area contributed by atoms with E-state index in [-0.39, 0.29) is 28.7 Å². The lowest BCUT2D eigenvalue weighted by Crippen LogP contribution is -2.37.